The van der Waals surface area contributed by atoms with Crippen LogP contribution in [-0.2, 0) is 0 Å². The van der Waals surface area contributed by atoms with E-state index in [4.69, 9.17) is 0 Å². The van der Waals surface area contributed by atoms with Gasteiger partial charge in [-0.2, -0.15) is 0 Å². The summed E-state index contributed by atoms with van der Waals surface area (Å²) in [6.45, 7) is 12.1. The summed E-state index contributed by atoms with van der Waals surface area (Å²) in [5.41, 5.74) is 4.46. The first-order valence-electron chi connectivity index (χ1n) is 7.31. The van der Waals surface area contributed by atoms with E-state index in [1.807, 2.05) is 37.3 Å². The van der Waals surface area contributed by atoms with Gasteiger partial charge < -0.3 is 0 Å². The summed E-state index contributed by atoms with van der Waals surface area (Å²) in [5, 5.41) is 0. The van der Waals surface area contributed by atoms with Gasteiger partial charge >= 0.3 is 0 Å². The second-order valence-corrected chi connectivity index (χ2v) is 4.66. The summed E-state index contributed by atoms with van der Waals surface area (Å²) < 4.78 is 0. The summed E-state index contributed by atoms with van der Waals surface area (Å²) >= 11 is 0. The van der Waals surface area contributed by atoms with Crippen LogP contribution < -0.4 is 0 Å². The lowest BCUT2D eigenvalue weighted by Crippen LogP contribution is -1.85. The normalized spacial score (nSPS) is 12.6. The molecule has 0 amide bonds. The Morgan fingerprint density at radius 1 is 1.14 bits per heavy atom. The van der Waals surface area contributed by atoms with E-state index in [0.29, 0.717) is 0 Å². The molecule has 0 atom stereocenters. The SMILES string of the molecule is C=C/C=C(\C=C/C)c1cccc(C(=C)/C=C\C=C/CC)c1. The third kappa shape index (κ3) is 5.66. The van der Waals surface area contributed by atoms with Crippen LogP contribution in [-0.4, -0.2) is 0 Å². The number of benzene rings is 1. The molecule has 1 aromatic carbocycles. The first kappa shape index (κ1) is 16.7. The van der Waals surface area contributed by atoms with Crippen molar-refractivity contribution in [3.8, 4) is 0 Å². The Morgan fingerprint density at radius 3 is 2.57 bits per heavy atom. The highest BCUT2D eigenvalue weighted by Gasteiger charge is 2.00. The largest absolute Gasteiger partial charge is 0.0990 e. The molecule has 108 valence electrons. The molecule has 0 aliphatic carbocycles. The van der Waals surface area contributed by atoms with E-state index >= 15 is 0 Å². The van der Waals surface area contributed by atoms with E-state index in [1.54, 1.807) is 0 Å². The van der Waals surface area contributed by atoms with Crippen molar-refractivity contribution in [2.24, 2.45) is 0 Å². The Morgan fingerprint density at radius 2 is 1.90 bits per heavy atom. The van der Waals surface area contributed by atoms with Crippen LogP contribution in [0.15, 0.2) is 86.0 Å². The maximum Gasteiger partial charge on any atom is -0.0178 e. The van der Waals surface area contributed by atoms with E-state index in [0.717, 1.165) is 23.1 Å². The zero-order valence-electron chi connectivity index (χ0n) is 13.0. The maximum atomic E-state index is 4.14. The van der Waals surface area contributed by atoms with Crippen LogP contribution in [0.1, 0.15) is 31.4 Å². The second kappa shape index (κ2) is 9.55. The molecule has 0 aliphatic heterocycles. The minimum absolute atomic E-state index is 1.01. The number of hydrogen-bond acceptors (Lipinski definition) is 0. The van der Waals surface area contributed by atoms with Crippen LogP contribution in [0.4, 0.5) is 0 Å². The van der Waals surface area contributed by atoms with Crippen LogP contribution in [0, 0.1) is 0 Å². The Balaban J connectivity index is 3.02. The molecular weight excluding hydrogens is 252 g/mol. The predicted octanol–water partition coefficient (Wildman–Crippen LogP) is 6.37. The highest BCUT2D eigenvalue weighted by atomic mass is 14.0. The molecule has 21 heavy (non-hydrogen) atoms. The molecule has 0 N–H and O–H groups in total. The van der Waals surface area contributed by atoms with Gasteiger partial charge in [-0.3, -0.25) is 0 Å². The molecule has 1 aromatic rings. The Bertz CT molecular complexity index is 592. The molecule has 0 heterocycles. The molecule has 0 bridgehead atoms. The van der Waals surface area contributed by atoms with Crippen molar-refractivity contribution in [1.29, 1.82) is 0 Å². The van der Waals surface area contributed by atoms with Crippen molar-refractivity contribution in [3.63, 3.8) is 0 Å². The Labute approximate surface area is 129 Å². The quantitative estimate of drug-likeness (QED) is 0.508. The fourth-order valence-electron chi connectivity index (χ4n) is 1.94. The number of allylic oxidation sites excluding steroid dienone is 10. The van der Waals surface area contributed by atoms with Crippen molar-refractivity contribution in [2.45, 2.75) is 20.3 Å². The van der Waals surface area contributed by atoms with E-state index in [2.05, 4.69) is 62.6 Å². The van der Waals surface area contributed by atoms with Crippen molar-refractivity contribution in [2.75, 3.05) is 0 Å². The van der Waals surface area contributed by atoms with Gasteiger partial charge in [0.15, 0.2) is 0 Å². The van der Waals surface area contributed by atoms with Gasteiger partial charge in [-0.25, -0.2) is 0 Å². The van der Waals surface area contributed by atoms with E-state index in [9.17, 15) is 0 Å². The highest BCUT2D eigenvalue weighted by Crippen LogP contribution is 2.21. The average molecular weight is 276 g/mol. The van der Waals surface area contributed by atoms with Gasteiger partial charge in [0.05, 0.1) is 0 Å². The van der Waals surface area contributed by atoms with Gasteiger partial charge in [-0.05, 0) is 41.7 Å². The first-order chi connectivity index (χ1) is 10.2. The topological polar surface area (TPSA) is 0 Å². The Kier molecular flexibility index (Phi) is 7.60. The lowest BCUT2D eigenvalue weighted by atomic mass is 9.99. The molecule has 1 rings (SSSR count). The van der Waals surface area contributed by atoms with Crippen LogP contribution >= 0.6 is 0 Å². The lowest BCUT2D eigenvalue weighted by Gasteiger charge is -2.06. The lowest BCUT2D eigenvalue weighted by molar-refractivity contribution is 1.22. The van der Waals surface area contributed by atoms with Crippen molar-refractivity contribution in [1.82, 2.24) is 0 Å². The molecule has 0 unspecified atom stereocenters. The van der Waals surface area contributed by atoms with E-state index in [1.165, 1.54) is 5.56 Å². The van der Waals surface area contributed by atoms with Crippen molar-refractivity contribution in [3.05, 3.63) is 97.2 Å². The predicted molar refractivity (Wildman–Crippen MR) is 97.0 cm³/mol. The first-order valence-corrected chi connectivity index (χ1v) is 7.31. The van der Waals surface area contributed by atoms with Gasteiger partial charge in [-0.1, -0.05) is 86.9 Å². The minimum atomic E-state index is 1.01. The summed E-state index contributed by atoms with van der Waals surface area (Å²) in [6, 6.07) is 8.41. The summed E-state index contributed by atoms with van der Waals surface area (Å²) in [6.07, 6.45) is 17.2. The molecule has 0 aliphatic rings. The van der Waals surface area contributed by atoms with Crippen molar-refractivity contribution >= 4 is 11.1 Å². The molecule has 0 nitrogen and oxygen atoms in total. The fourth-order valence-corrected chi connectivity index (χ4v) is 1.94. The summed E-state index contributed by atoms with van der Waals surface area (Å²) in [4.78, 5) is 0. The van der Waals surface area contributed by atoms with Gasteiger partial charge in [0.1, 0.15) is 0 Å². The molecular formula is C21H24. The van der Waals surface area contributed by atoms with Crippen LogP contribution in [0.5, 0.6) is 0 Å². The van der Waals surface area contributed by atoms with Crippen LogP contribution in [0.3, 0.4) is 0 Å². The van der Waals surface area contributed by atoms with Crippen LogP contribution in [0.2, 0.25) is 0 Å². The monoisotopic (exact) mass is 276 g/mol. The summed E-state index contributed by atoms with van der Waals surface area (Å²) in [7, 11) is 0. The maximum absolute atomic E-state index is 4.14. The summed E-state index contributed by atoms with van der Waals surface area (Å²) in [5.74, 6) is 0. The smallest absolute Gasteiger partial charge is 0.0178 e. The number of rotatable bonds is 7. The number of hydrogen-bond donors (Lipinski definition) is 0. The third-order valence-corrected chi connectivity index (χ3v) is 2.99. The zero-order valence-corrected chi connectivity index (χ0v) is 13.0. The molecule has 0 spiro atoms. The fraction of sp³-hybridized carbons (Fsp3) is 0.143. The Hall–Kier alpha value is -2.34. The molecule has 0 saturated carbocycles. The van der Waals surface area contributed by atoms with Crippen LogP contribution in [0.25, 0.3) is 11.1 Å². The minimum Gasteiger partial charge on any atom is -0.0990 e. The van der Waals surface area contributed by atoms with E-state index in [-0.39, 0.29) is 0 Å². The molecule has 0 saturated heterocycles. The zero-order chi connectivity index (χ0) is 15.5. The standard InChI is InChI=1S/C21H24/c1-5-8-9-10-14-18(4)20-15-11-16-21(17-20)19(12-6-2)13-7-3/h6-17H,2,4-5H2,1,3H3/b9-8-,13-7-,14-10-,19-12+. The van der Waals surface area contributed by atoms with Gasteiger partial charge in [0, 0.05) is 0 Å². The van der Waals surface area contributed by atoms with Crippen molar-refractivity contribution < 1.29 is 0 Å². The van der Waals surface area contributed by atoms with Gasteiger partial charge in [0.25, 0.3) is 0 Å². The van der Waals surface area contributed by atoms with Gasteiger partial charge in [0.2, 0.25) is 0 Å². The molecule has 0 heteroatoms. The molecule has 0 aromatic heterocycles. The highest BCUT2D eigenvalue weighted by molar-refractivity contribution is 5.79. The molecule has 0 radical (unpaired) electrons. The van der Waals surface area contributed by atoms with Gasteiger partial charge in [-0.15, -0.1) is 0 Å². The molecule has 0 fully saturated rings. The average Bonchev–Trinajstić information content (AvgIpc) is 2.51. The second-order valence-electron chi connectivity index (χ2n) is 4.66. The third-order valence-electron chi connectivity index (χ3n) is 2.99. The van der Waals surface area contributed by atoms with E-state index < -0.39 is 0 Å².